The maximum atomic E-state index is 13.7. The van der Waals surface area contributed by atoms with E-state index in [0.717, 1.165) is 18.2 Å². The molecule has 2 rings (SSSR count). The number of hydrogen-bond donors (Lipinski definition) is 1. The van der Waals surface area contributed by atoms with Crippen molar-refractivity contribution in [2.45, 2.75) is 32.4 Å². The number of halogens is 7. The molecule has 0 aliphatic rings. The summed E-state index contributed by atoms with van der Waals surface area (Å²) in [4.78, 5) is 24.6. The van der Waals surface area contributed by atoms with E-state index < -0.39 is 18.0 Å². The zero-order chi connectivity index (χ0) is 25.8. The van der Waals surface area contributed by atoms with Gasteiger partial charge in [0.25, 0.3) is 5.91 Å². The van der Waals surface area contributed by atoms with Crippen molar-refractivity contribution in [1.82, 2.24) is 5.32 Å². The summed E-state index contributed by atoms with van der Waals surface area (Å²) >= 11 is 23.8. The summed E-state index contributed by atoms with van der Waals surface area (Å²) in [5, 5.41) is 2.17. The van der Waals surface area contributed by atoms with E-state index in [1.54, 1.807) is 6.92 Å². The minimum absolute atomic E-state index is 0.00965. The highest BCUT2D eigenvalue weighted by Gasteiger charge is 2.39. The van der Waals surface area contributed by atoms with Gasteiger partial charge in [0.05, 0.1) is 37.3 Å². The van der Waals surface area contributed by atoms with Gasteiger partial charge in [0, 0.05) is 5.92 Å². The third kappa shape index (κ3) is 7.01. The number of allylic oxidation sites excluding steroid dienone is 2. The highest BCUT2D eigenvalue weighted by atomic mass is 35.5. The van der Waals surface area contributed by atoms with Gasteiger partial charge in [-0.05, 0) is 41.8 Å². The second-order valence-corrected chi connectivity index (χ2v) is 9.12. The fourth-order valence-electron chi connectivity index (χ4n) is 2.94. The van der Waals surface area contributed by atoms with Gasteiger partial charge in [-0.1, -0.05) is 85.0 Å². The third-order valence-electron chi connectivity index (χ3n) is 5.06. The van der Waals surface area contributed by atoms with Crippen LogP contribution in [0.1, 0.15) is 47.7 Å². The monoisotopic (exact) mass is 551 g/mol. The van der Waals surface area contributed by atoms with E-state index in [2.05, 4.69) is 11.9 Å². The Labute approximate surface area is 215 Å². The summed E-state index contributed by atoms with van der Waals surface area (Å²) in [5.74, 6) is -3.27. The van der Waals surface area contributed by atoms with Crippen LogP contribution in [0.25, 0.3) is 6.08 Å². The maximum Gasteiger partial charge on any atom is 0.399 e. The highest BCUT2D eigenvalue weighted by Crippen LogP contribution is 2.41. The van der Waals surface area contributed by atoms with Crippen molar-refractivity contribution in [3.05, 3.63) is 85.5 Å². The Balaban J connectivity index is 2.27. The molecule has 0 aliphatic carbocycles. The van der Waals surface area contributed by atoms with E-state index in [-0.39, 0.29) is 48.6 Å². The van der Waals surface area contributed by atoms with E-state index in [1.165, 1.54) is 24.3 Å². The van der Waals surface area contributed by atoms with Crippen LogP contribution in [0.15, 0.2) is 48.7 Å². The van der Waals surface area contributed by atoms with Gasteiger partial charge < -0.3 is 5.32 Å². The molecule has 0 fully saturated rings. The molecule has 1 amide bonds. The minimum Gasteiger partial charge on any atom is -0.319 e. The van der Waals surface area contributed by atoms with E-state index in [9.17, 15) is 22.8 Å². The summed E-state index contributed by atoms with van der Waals surface area (Å²) in [5.41, 5.74) is 0.111. The minimum atomic E-state index is -4.64. The molecule has 0 saturated carbocycles. The lowest BCUT2D eigenvalue weighted by Crippen LogP contribution is -2.29. The summed E-state index contributed by atoms with van der Waals surface area (Å²) in [6, 6.07) is 6.31. The quantitative estimate of drug-likeness (QED) is 0.263. The number of Topliss-reactive ketones (excluding diaryl/α,β-unsaturated/α-hetero) is 1. The summed E-state index contributed by atoms with van der Waals surface area (Å²) in [6.45, 7) is 7.14. The molecule has 0 saturated heterocycles. The van der Waals surface area contributed by atoms with Gasteiger partial charge in [-0.15, -0.1) is 0 Å². The number of ketones is 1. The van der Waals surface area contributed by atoms with E-state index in [1.807, 2.05) is 6.92 Å². The van der Waals surface area contributed by atoms with Gasteiger partial charge in [0.2, 0.25) is 0 Å². The lowest BCUT2D eigenvalue weighted by molar-refractivity contribution is -0.139. The SMILES string of the molecule is C=C(NC(=O)c1ccc(C=CC(c2cc(Cl)c(Cl)c(Cl)c2)C(F)(F)F)cc1Cl)C(=O)C(C)CC. The fourth-order valence-corrected chi connectivity index (χ4v) is 3.83. The molecule has 0 aromatic heterocycles. The van der Waals surface area contributed by atoms with Crippen LogP contribution in [0, 0.1) is 5.92 Å². The molecule has 0 spiro atoms. The Morgan fingerprint density at radius 2 is 1.65 bits per heavy atom. The second-order valence-electron chi connectivity index (χ2n) is 7.52. The van der Waals surface area contributed by atoms with Crippen LogP contribution < -0.4 is 5.32 Å². The van der Waals surface area contributed by atoms with Crippen molar-refractivity contribution in [2.75, 3.05) is 0 Å². The second kappa shape index (κ2) is 11.6. The van der Waals surface area contributed by atoms with Crippen LogP contribution in [0.5, 0.6) is 0 Å². The van der Waals surface area contributed by atoms with Gasteiger partial charge in [0.15, 0.2) is 5.78 Å². The molecule has 0 heterocycles. The number of nitrogens with one attached hydrogen (secondary N) is 1. The van der Waals surface area contributed by atoms with Crippen molar-refractivity contribution >= 4 is 64.2 Å². The number of rotatable bonds is 8. The van der Waals surface area contributed by atoms with Crippen molar-refractivity contribution < 1.29 is 22.8 Å². The zero-order valence-corrected chi connectivity index (χ0v) is 21.1. The molecule has 1 N–H and O–H groups in total. The molecule has 34 heavy (non-hydrogen) atoms. The number of alkyl halides is 3. The standard InChI is InChI=1S/C24H20Cl4F3NO2/c1-4-12(2)22(33)13(3)32-23(34)16-7-5-14(9-18(16)25)6-8-17(24(29,30)31)15-10-19(26)21(28)20(27)11-15/h5-12,17H,3-4H2,1-2H3,(H,32,34). The van der Waals surface area contributed by atoms with Gasteiger partial charge in [-0.2, -0.15) is 13.2 Å². The average Bonchev–Trinajstić information content (AvgIpc) is 2.75. The Morgan fingerprint density at radius 3 is 2.15 bits per heavy atom. The topological polar surface area (TPSA) is 46.2 Å². The Hall–Kier alpha value is -1.99. The average molecular weight is 553 g/mol. The fraction of sp³-hybridized carbons (Fsp3) is 0.250. The number of hydrogen-bond acceptors (Lipinski definition) is 2. The molecule has 182 valence electrons. The number of benzene rings is 2. The Kier molecular flexibility index (Phi) is 9.66. The number of carbonyl (C=O) groups excluding carboxylic acids is 2. The Bertz CT molecular complexity index is 1120. The number of carbonyl (C=O) groups is 2. The molecule has 2 unspecified atom stereocenters. The normalized spacial score (nSPS) is 13.6. The van der Waals surface area contributed by atoms with E-state index in [4.69, 9.17) is 46.4 Å². The first kappa shape index (κ1) is 28.2. The lowest BCUT2D eigenvalue weighted by atomic mass is 9.97. The summed E-state index contributed by atoms with van der Waals surface area (Å²) in [7, 11) is 0. The molecule has 10 heteroatoms. The van der Waals surface area contributed by atoms with Crippen molar-refractivity contribution in [3.8, 4) is 0 Å². The number of amides is 1. The third-order valence-corrected chi connectivity index (χ3v) is 6.57. The van der Waals surface area contributed by atoms with Gasteiger partial charge in [-0.25, -0.2) is 0 Å². The molecular formula is C24H20Cl4F3NO2. The van der Waals surface area contributed by atoms with E-state index >= 15 is 0 Å². The van der Waals surface area contributed by atoms with Crippen molar-refractivity contribution in [3.63, 3.8) is 0 Å². The molecule has 3 nitrogen and oxygen atoms in total. The summed E-state index contributed by atoms with van der Waals surface area (Å²) < 4.78 is 41.1. The first-order chi connectivity index (χ1) is 15.8. The first-order valence-corrected chi connectivity index (χ1v) is 11.5. The summed E-state index contributed by atoms with van der Waals surface area (Å²) in [6.07, 6.45) is -1.91. The molecule has 2 atom stereocenters. The van der Waals surface area contributed by atoms with Crippen LogP contribution in [0.4, 0.5) is 13.2 Å². The van der Waals surface area contributed by atoms with E-state index in [0.29, 0.717) is 12.0 Å². The largest absolute Gasteiger partial charge is 0.399 e. The highest BCUT2D eigenvalue weighted by molar-refractivity contribution is 6.48. The molecule has 2 aromatic carbocycles. The maximum absolute atomic E-state index is 13.7. The van der Waals surface area contributed by atoms with Crippen LogP contribution in [-0.4, -0.2) is 17.9 Å². The van der Waals surface area contributed by atoms with Crippen molar-refractivity contribution in [2.24, 2.45) is 5.92 Å². The predicted octanol–water partition coefficient (Wildman–Crippen LogP) is 8.52. The van der Waals surface area contributed by atoms with Crippen LogP contribution in [0.2, 0.25) is 20.1 Å². The molecule has 2 aromatic rings. The molecular weight excluding hydrogens is 533 g/mol. The predicted molar refractivity (Wildman–Crippen MR) is 132 cm³/mol. The van der Waals surface area contributed by atoms with Crippen molar-refractivity contribution in [1.29, 1.82) is 0 Å². The Morgan fingerprint density at radius 1 is 1.06 bits per heavy atom. The zero-order valence-electron chi connectivity index (χ0n) is 18.1. The van der Waals surface area contributed by atoms with Gasteiger partial charge in [-0.3, -0.25) is 9.59 Å². The van der Waals surface area contributed by atoms with Crippen LogP contribution in [-0.2, 0) is 4.79 Å². The van der Waals surface area contributed by atoms with Gasteiger partial charge in [0.1, 0.15) is 0 Å². The van der Waals surface area contributed by atoms with Gasteiger partial charge >= 0.3 is 6.18 Å². The van der Waals surface area contributed by atoms with Crippen LogP contribution in [0.3, 0.4) is 0 Å². The molecule has 0 radical (unpaired) electrons. The smallest absolute Gasteiger partial charge is 0.319 e. The molecule has 0 bridgehead atoms. The first-order valence-electron chi connectivity index (χ1n) is 9.99. The molecule has 0 aliphatic heterocycles. The van der Waals surface area contributed by atoms with Crippen LogP contribution >= 0.6 is 46.4 Å². The lowest BCUT2D eigenvalue weighted by Gasteiger charge is -2.18.